The number of hydrogen-bond donors (Lipinski definition) is 6. The van der Waals surface area contributed by atoms with Crippen molar-refractivity contribution in [1.29, 1.82) is 0 Å². The molecule has 6 atom stereocenters. The molecular formula is C60H68F10N6O8. The van der Waals surface area contributed by atoms with E-state index in [9.17, 15) is 56.4 Å². The molecule has 0 radical (unpaired) electrons. The zero-order valence-corrected chi connectivity index (χ0v) is 47.5. The molecule has 24 heteroatoms. The van der Waals surface area contributed by atoms with Crippen LogP contribution in [0.2, 0.25) is 0 Å². The minimum atomic E-state index is -3.57. The van der Waals surface area contributed by atoms with Crippen molar-refractivity contribution in [1.82, 2.24) is 29.6 Å². The number of aliphatic hydroxyl groups is 4. The lowest BCUT2D eigenvalue weighted by Crippen LogP contribution is -2.53. The lowest BCUT2D eigenvalue weighted by atomic mass is 9.85. The van der Waals surface area contributed by atoms with Crippen LogP contribution in [0.15, 0.2) is 60.7 Å². The smallest absolute Gasteiger partial charge is 0.410 e. The molecule has 14 nitrogen and oxygen atoms in total. The maximum atomic E-state index is 15.9. The Labute approximate surface area is 477 Å². The molecule has 6 aromatic rings. The van der Waals surface area contributed by atoms with Crippen LogP contribution in [-0.2, 0) is 22.3 Å². The molecule has 84 heavy (non-hydrogen) atoms. The lowest BCUT2D eigenvalue weighted by Gasteiger charge is -2.43. The Kier molecular flexibility index (Phi) is 17.1. The van der Waals surface area contributed by atoms with Crippen LogP contribution in [-0.4, -0.2) is 150 Å². The number of fused-ring (bicyclic) bond motifs is 6. The van der Waals surface area contributed by atoms with E-state index in [-0.39, 0.29) is 72.6 Å². The number of carbonyl (C=O) groups excluding carboxylic acids is 2. The average molecular weight is 1190 g/mol. The number of amides is 2. The van der Waals surface area contributed by atoms with Crippen LogP contribution in [0.3, 0.4) is 0 Å². The summed E-state index contributed by atoms with van der Waals surface area (Å²) in [5.41, 5.74) is -0.938. The highest BCUT2D eigenvalue weighted by molar-refractivity contribution is 5.87. The van der Waals surface area contributed by atoms with E-state index >= 15 is 17.6 Å². The Morgan fingerprint density at radius 3 is 1.18 bits per heavy atom. The van der Waals surface area contributed by atoms with Crippen molar-refractivity contribution in [3.8, 4) is 0 Å². The quantitative estimate of drug-likeness (QED) is 0.0646. The molecule has 2 aromatic heterocycles. The summed E-state index contributed by atoms with van der Waals surface area (Å²) < 4.78 is 162. The van der Waals surface area contributed by atoms with Crippen LogP contribution in [0.1, 0.15) is 124 Å². The molecule has 456 valence electrons. The standard InChI is InChI=1S/2C30H34F5N3O4/c2*1-15-8-19-18-6-5-7-20(31)24(18)36-25(19)26(38(15)13-30(34,35)14-39)23-21(32)9-16(10-22(23)33)27(40)17-11-37(12-17)28(41)42-29(2,3)4/h2*5-7,9-10,15,17,26-27,36,39-40H,8,11-14H2,1-4H3/t15-,26+,27?;15-,26-,27?/m00/s1. The summed E-state index contributed by atoms with van der Waals surface area (Å²) in [5, 5.41) is 41.3. The van der Waals surface area contributed by atoms with E-state index in [1.165, 1.54) is 43.9 Å². The van der Waals surface area contributed by atoms with Gasteiger partial charge in [-0.2, -0.15) is 0 Å². The third-order valence-electron chi connectivity index (χ3n) is 15.9. The van der Waals surface area contributed by atoms with Crippen molar-refractivity contribution >= 4 is 34.0 Å². The van der Waals surface area contributed by atoms with Gasteiger partial charge in [0, 0.05) is 83.4 Å². The van der Waals surface area contributed by atoms with E-state index in [2.05, 4.69) is 9.97 Å². The van der Waals surface area contributed by atoms with Gasteiger partial charge in [-0.05, 0) is 127 Å². The molecule has 0 spiro atoms. The SMILES string of the molecule is C[C@H]1Cc2c([nH]c3c(F)cccc23)[C@@H](c2c(F)cc(C(O)C3CN(C(=O)OC(C)(C)C)C3)cc2F)N1CC(F)(F)CO.C[C@H]1Cc2c([nH]c3c(F)cccc23)[C@H](c2c(F)cc(C(O)C3CN(C(=O)OC(C)(C)C)C3)cc2F)N1CC(F)(F)CO. The molecule has 6 heterocycles. The van der Waals surface area contributed by atoms with Crippen LogP contribution in [0.5, 0.6) is 0 Å². The number of halogens is 10. The highest BCUT2D eigenvalue weighted by atomic mass is 19.3. The third-order valence-corrected chi connectivity index (χ3v) is 15.9. The molecule has 2 saturated heterocycles. The van der Waals surface area contributed by atoms with Crippen molar-refractivity contribution in [2.75, 3.05) is 52.5 Å². The fourth-order valence-electron chi connectivity index (χ4n) is 11.8. The molecule has 4 aliphatic rings. The van der Waals surface area contributed by atoms with Gasteiger partial charge < -0.3 is 49.7 Å². The number of ether oxygens (including phenoxy) is 2. The first kappa shape index (κ1) is 62.1. The molecule has 0 bridgehead atoms. The molecule has 2 unspecified atom stereocenters. The third kappa shape index (κ3) is 12.5. The highest BCUT2D eigenvalue weighted by Gasteiger charge is 2.47. The summed E-state index contributed by atoms with van der Waals surface area (Å²) in [6, 6.07) is 8.50. The van der Waals surface area contributed by atoms with Gasteiger partial charge >= 0.3 is 12.2 Å². The predicted molar refractivity (Wildman–Crippen MR) is 289 cm³/mol. The molecule has 10 rings (SSSR count). The van der Waals surface area contributed by atoms with E-state index in [0.29, 0.717) is 21.9 Å². The lowest BCUT2D eigenvalue weighted by molar-refractivity contribution is -0.0870. The molecule has 2 amide bonds. The van der Waals surface area contributed by atoms with E-state index in [1.807, 2.05) is 0 Å². The fourth-order valence-corrected chi connectivity index (χ4v) is 11.8. The number of aromatic nitrogens is 2. The van der Waals surface area contributed by atoms with Crippen molar-refractivity contribution in [2.45, 2.75) is 128 Å². The average Bonchev–Trinajstić information content (AvgIpc) is 3.23. The first-order chi connectivity index (χ1) is 39.2. The van der Waals surface area contributed by atoms with Crippen LogP contribution < -0.4 is 0 Å². The van der Waals surface area contributed by atoms with Crippen molar-refractivity contribution in [2.24, 2.45) is 11.8 Å². The van der Waals surface area contributed by atoms with E-state index in [1.54, 1.807) is 67.5 Å². The van der Waals surface area contributed by atoms with Crippen molar-refractivity contribution in [3.63, 3.8) is 0 Å². The van der Waals surface area contributed by atoms with Gasteiger partial charge in [-0.3, -0.25) is 9.80 Å². The largest absolute Gasteiger partial charge is 0.444 e. The van der Waals surface area contributed by atoms with E-state index in [4.69, 9.17) is 9.47 Å². The minimum absolute atomic E-state index is 0.0680. The topological polar surface area (TPSA) is 178 Å². The summed E-state index contributed by atoms with van der Waals surface area (Å²) in [5.74, 6) is -13.6. The number of nitrogens with one attached hydrogen (secondary N) is 2. The zero-order chi connectivity index (χ0) is 61.4. The van der Waals surface area contributed by atoms with Gasteiger partial charge in [0.05, 0.1) is 48.4 Å². The fraction of sp³-hybridized carbons (Fsp3) is 0.500. The van der Waals surface area contributed by atoms with Gasteiger partial charge in [0.25, 0.3) is 11.8 Å². The van der Waals surface area contributed by atoms with Gasteiger partial charge in [-0.15, -0.1) is 0 Å². The Hall–Kier alpha value is -6.44. The Morgan fingerprint density at radius 1 is 0.560 bits per heavy atom. The highest BCUT2D eigenvalue weighted by Crippen LogP contribution is 2.47. The summed E-state index contributed by atoms with van der Waals surface area (Å²) in [7, 11) is 0. The van der Waals surface area contributed by atoms with Crippen molar-refractivity contribution < 1.29 is 83.4 Å². The van der Waals surface area contributed by atoms with Gasteiger partial charge in [-0.25, -0.2) is 53.5 Å². The molecule has 4 aliphatic heterocycles. The molecule has 4 aromatic carbocycles. The number of para-hydroxylation sites is 2. The molecule has 6 N–H and O–H groups in total. The van der Waals surface area contributed by atoms with Gasteiger partial charge in [0.2, 0.25) is 0 Å². The normalized spacial score (nSPS) is 20.9. The van der Waals surface area contributed by atoms with Crippen LogP contribution in [0.4, 0.5) is 53.5 Å². The zero-order valence-electron chi connectivity index (χ0n) is 47.5. The second-order valence-corrected chi connectivity index (χ2v) is 24.6. The van der Waals surface area contributed by atoms with Crippen LogP contribution in [0, 0.1) is 46.7 Å². The number of H-pyrrole nitrogens is 2. The number of aromatic amines is 2. The molecule has 0 aliphatic carbocycles. The number of aliphatic hydroxyl groups excluding tert-OH is 4. The number of rotatable bonds is 12. The first-order valence-corrected chi connectivity index (χ1v) is 27.6. The predicted octanol–water partition coefficient (Wildman–Crippen LogP) is 10.9. The second-order valence-electron chi connectivity index (χ2n) is 24.6. The van der Waals surface area contributed by atoms with Crippen LogP contribution in [0.25, 0.3) is 21.8 Å². The number of nitrogens with zero attached hydrogens (tertiary/aromatic N) is 4. The van der Waals surface area contributed by atoms with E-state index < -0.39 is 156 Å². The Morgan fingerprint density at radius 2 is 0.881 bits per heavy atom. The molecular weight excluding hydrogens is 1120 g/mol. The minimum Gasteiger partial charge on any atom is -0.444 e. The van der Waals surface area contributed by atoms with E-state index in [0.717, 1.165) is 24.3 Å². The number of hydrogen-bond acceptors (Lipinski definition) is 10. The molecule has 2 fully saturated rings. The summed E-state index contributed by atoms with van der Waals surface area (Å²) in [6.07, 6.45) is -3.33. The Bertz CT molecular complexity index is 3170. The van der Waals surface area contributed by atoms with Gasteiger partial charge in [0.15, 0.2) is 0 Å². The van der Waals surface area contributed by atoms with Crippen molar-refractivity contribution in [3.05, 3.63) is 140 Å². The number of likely N-dealkylation sites (tertiary alicyclic amines) is 2. The summed E-state index contributed by atoms with van der Waals surface area (Å²) >= 11 is 0. The number of carbonyl (C=O) groups is 2. The number of benzene rings is 4. The maximum Gasteiger partial charge on any atom is 0.410 e. The first-order valence-electron chi connectivity index (χ1n) is 27.6. The van der Waals surface area contributed by atoms with Gasteiger partial charge in [-0.1, -0.05) is 24.3 Å². The van der Waals surface area contributed by atoms with Gasteiger partial charge in [0.1, 0.15) is 59.3 Å². The Balaban J connectivity index is 0.000000202. The monoisotopic (exact) mass is 1190 g/mol. The summed E-state index contributed by atoms with van der Waals surface area (Å²) in [6.45, 7) is 9.13. The maximum absolute atomic E-state index is 15.9. The van der Waals surface area contributed by atoms with Crippen LogP contribution >= 0.6 is 0 Å². The molecule has 0 saturated carbocycles. The summed E-state index contributed by atoms with van der Waals surface area (Å²) in [4.78, 5) is 35.4. The second kappa shape index (κ2) is 23.1. The number of alkyl halides is 4.